The second-order valence-electron chi connectivity index (χ2n) is 5.38. The molecule has 4 nitrogen and oxygen atoms in total. The van der Waals surface area contributed by atoms with E-state index >= 15 is 0 Å². The zero-order valence-corrected chi connectivity index (χ0v) is 14.0. The molecule has 2 amide bonds. The molecule has 2 aromatic rings. The van der Waals surface area contributed by atoms with Crippen LogP contribution in [0.3, 0.4) is 0 Å². The Hall–Kier alpha value is -2.40. The highest BCUT2D eigenvalue weighted by molar-refractivity contribution is 6.30. The topological polar surface area (TPSA) is 58.2 Å². The molecule has 0 bridgehead atoms. The molecule has 0 heterocycles. The summed E-state index contributed by atoms with van der Waals surface area (Å²) in [5.41, 5.74) is 1.96. The van der Waals surface area contributed by atoms with Gasteiger partial charge in [0.2, 0.25) is 11.8 Å². The Morgan fingerprint density at radius 2 is 1.88 bits per heavy atom. The van der Waals surface area contributed by atoms with E-state index in [0.29, 0.717) is 22.7 Å². The van der Waals surface area contributed by atoms with Gasteiger partial charge in [-0.2, -0.15) is 0 Å². The molecule has 2 N–H and O–H groups in total. The Labute approximate surface area is 145 Å². The lowest BCUT2D eigenvalue weighted by Gasteiger charge is -2.09. The summed E-state index contributed by atoms with van der Waals surface area (Å²) in [4.78, 5) is 23.7. The molecule has 0 aromatic heterocycles. The van der Waals surface area contributed by atoms with Gasteiger partial charge < -0.3 is 10.6 Å². The first-order valence-electron chi connectivity index (χ1n) is 7.52. The molecule has 6 heteroatoms. The number of hydrogen-bond donors (Lipinski definition) is 2. The molecule has 0 saturated heterocycles. The smallest absolute Gasteiger partial charge is 0.233 e. The minimum absolute atomic E-state index is 0.271. The van der Waals surface area contributed by atoms with Gasteiger partial charge in [0.15, 0.2) is 0 Å². The first kappa shape index (κ1) is 17.9. The number of rotatable bonds is 6. The fourth-order valence-corrected chi connectivity index (χ4v) is 2.43. The molecule has 2 aromatic carbocycles. The highest BCUT2D eigenvalue weighted by Gasteiger charge is 2.11. The van der Waals surface area contributed by atoms with E-state index in [1.807, 2.05) is 6.92 Å². The zero-order chi connectivity index (χ0) is 17.5. The largest absolute Gasteiger partial charge is 0.355 e. The van der Waals surface area contributed by atoms with Crippen molar-refractivity contribution in [1.29, 1.82) is 0 Å². The van der Waals surface area contributed by atoms with Gasteiger partial charge in [-0.05, 0) is 48.7 Å². The molecular formula is C18H18ClFN2O2. The van der Waals surface area contributed by atoms with Crippen molar-refractivity contribution in [3.05, 3.63) is 64.4 Å². The predicted octanol–water partition coefficient (Wildman–Crippen LogP) is 3.48. The van der Waals surface area contributed by atoms with Crippen LogP contribution in [0.4, 0.5) is 10.1 Å². The number of hydrogen-bond acceptors (Lipinski definition) is 2. The maximum absolute atomic E-state index is 13.4. The van der Waals surface area contributed by atoms with Crippen LogP contribution in [-0.4, -0.2) is 18.4 Å². The maximum Gasteiger partial charge on any atom is 0.233 e. The van der Waals surface area contributed by atoms with Crippen molar-refractivity contribution in [3.8, 4) is 0 Å². The molecule has 0 atom stereocenters. The first-order valence-corrected chi connectivity index (χ1v) is 7.89. The van der Waals surface area contributed by atoms with Gasteiger partial charge in [-0.15, -0.1) is 0 Å². The van der Waals surface area contributed by atoms with Crippen LogP contribution in [0.2, 0.25) is 5.02 Å². The summed E-state index contributed by atoms with van der Waals surface area (Å²) in [7, 11) is 0. The lowest BCUT2D eigenvalue weighted by molar-refractivity contribution is -0.126. The molecular weight excluding hydrogens is 331 g/mol. The third-order valence-electron chi connectivity index (χ3n) is 3.46. The Bertz CT molecular complexity index is 750. The van der Waals surface area contributed by atoms with Crippen LogP contribution in [0.15, 0.2) is 42.5 Å². The van der Waals surface area contributed by atoms with E-state index in [1.54, 1.807) is 36.4 Å². The van der Waals surface area contributed by atoms with E-state index in [-0.39, 0.29) is 18.8 Å². The molecule has 2 rings (SSSR count). The second-order valence-corrected chi connectivity index (χ2v) is 5.81. The predicted molar refractivity (Wildman–Crippen MR) is 92.5 cm³/mol. The Morgan fingerprint density at radius 1 is 1.12 bits per heavy atom. The van der Waals surface area contributed by atoms with Crippen LogP contribution in [0.5, 0.6) is 0 Å². The molecule has 126 valence electrons. The molecule has 0 fully saturated rings. The fraction of sp³-hybridized carbons (Fsp3) is 0.222. The van der Waals surface area contributed by atoms with Crippen molar-refractivity contribution in [2.75, 3.05) is 11.9 Å². The Morgan fingerprint density at radius 3 is 2.58 bits per heavy atom. The molecule has 0 radical (unpaired) electrons. The van der Waals surface area contributed by atoms with Crippen LogP contribution in [-0.2, 0) is 16.0 Å². The molecule has 0 unspecified atom stereocenters. The summed E-state index contributed by atoms with van der Waals surface area (Å²) in [5.74, 6) is -1.12. The van der Waals surface area contributed by atoms with E-state index < -0.39 is 11.8 Å². The van der Waals surface area contributed by atoms with E-state index in [4.69, 9.17) is 11.6 Å². The fourth-order valence-electron chi connectivity index (χ4n) is 2.21. The van der Waals surface area contributed by atoms with E-state index in [1.165, 1.54) is 6.07 Å². The summed E-state index contributed by atoms with van der Waals surface area (Å²) in [6.07, 6.45) is 0.0790. The van der Waals surface area contributed by atoms with Gasteiger partial charge in [0.25, 0.3) is 0 Å². The number of benzene rings is 2. The highest BCUT2D eigenvalue weighted by Crippen LogP contribution is 2.19. The minimum Gasteiger partial charge on any atom is -0.355 e. The number of halogens is 2. The van der Waals surface area contributed by atoms with Crippen molar-refractivity contribution in [1.82, 2.24) is 5.32 Å². The van der Waals surface area contributed by atoms with Gasteiger partial charge in [-0.3, -0.25) is 9.59 Å². The maximum atomic E-state index is 13.4. The van der Waals surface area contributed by atoms with E-state index in [9.17, 15) is 14.0 Å². The van der Waals surface area contributed by atoms with Crippen molar-refractivity contribution >= 4 is 29.1 Å². The van der Waals surface area contributed by atoms with Crippen molar-refractivity contribution in [2.24, 2.45) is 0 Å². The molecule has 0 saturated carbocycles. The lowest BCUT2D eigenvalue weighted by atomic mass is 10.1. The zero-order valence-electron chi connectivity index (χ0n) is 13.2. The molecule has 0 aliphatic heterocycles. The molecule has 0 spiro atoms. The minimum atomic E-state index is -0.413. The summed E-state index contributed by atoms with van der Waals surface area (Å²) in [6.45, 7) is 2.09. The average Bonchev–Trinajstić information content (AvgIpc) is 2.52. The van der Waals surface area contributed by atoms with Gasteiger partial charge >= 0.3 is 0 Å². The van der Waals surface area contributed by atoms with Crippen molar-refractivity contribution in [3.63, 3.8) is 0 Å². The Balaban J connectivity index is 1.77. The van der Waals surface area contributed by atoms with Gasteiger partial charge in [0.05, 0.1) is 0 Å². The van der Waals surface area contributed by atoms with Crippen LogP contribution in [0, 0.1) is 12.7 Å². The van der Waals surface area contributed by atoms with Crippen molar-refractivity contribution in [2.45, 2.75) is 19.8 Å². The summed E-state index contributed by atoms with van der Waals surface area (Å²) in [6, 6.07) is 11.5. The first-order chi connectivity index (χ1) is 11.5. The summed E-state index contributed by atoms with van der Waals surface area (Å²) < 4.78 is 13.4. The summed E-state index contributed by atoms with van der Waals surface area (Å²) in [5, 5.41) is 5.86. The SMILES string of the molecule is Cc1cc(Cl)ccc1NC(=O)CC(=O)NCCc1ccccc1F. The Kier molecular flexibility index (Phi) is 6.32. The van der Waals surface area contributed by atoms with Crippen LogP contribution >= 0.6 is 11.6 Å². The van der Waals surface area contributed by atoms with E-state index in [2.05, 4.69) is 10.6 Å². The molecule has 24 heavy (non-hydrogen) atoms. The van der Waals surface area contributed by atoms with Gasteiger partial charge in [0.1, 0.15) is 12.2 Å². The number of carbonyl (C=O) groups is 2. The van der Waals surface area contributed by atoms with Crippen molar-refractivity contribution < 1.29 is 14.0 Å². The highest BCUT2D eigenvalue weighted by atomic mass is 35.5. The molecule has 0 aliphatic rings. The molecule has 0 aliphatic carbocycles. The quantitative estimate of drug-likeness (QED) is 0.785. The van der Waals surface area contributed by atoms with Crippen LogP contribution in [0.25, 0.3) is 0 Å². The number of nitrogens with one attached hydrogen (secondary N) is 2. The van der Waals surface area contributed by atoms with Gasteiger partial charge in [-0.1, -0.05) is 29.8 Å². The lowest BCUT2D eigenvalue weighted by Crippen LogP contribution is -2.29. The van der Waals surface area contributed by atoms with Gasteiger partial charge in [0, 0.05) is 17.3 Å². The third-order valence-corrected chi connectivity index (χ3v) is 3.69. The standard InChI is InChI=1S/C18H18ClFN2O2/c1-12-10-14(19)6-7-16(12)22-18(24)11-17(23)21-9-8-13-4-2-3-5-15(13)20/h2-7,10H,8-9,11H2,1H3,(H,21,23)(H,22,24). The number of anilines is 1. The summed E-state index contributed by atoms with van der Waals surface area (Å²) >= 11 is 5.85. The second kappa shape index (κ2) is 8.45. The van der Waals surface area contributed by atoms with Crippen LogP contribution < -0.4 is 10.6 Å². The number of carbonyl (C=O) groups excluding carboxylic acids is 2. The van der Waals surface area contributed by atoms with Crippen LogP contribution in [0.1, 0.15) is 17.5 Å². The average molecular weight is 349 g/mol. The number of aryl methyl sites for hydroxylation is 1. The monoisotopic (exact) mass is 348 g/mol. The van der Waals surface area contributed by atoms with E-state index in [0.717, 1.165) is 5.56 Å². The third kappa shape index (κ3) is 5.35. The number of amides is 2. The normalized spacial score (nSPS) is 10.3. The van der Waals surface area contributed by atoms with Gasteiger partial charge in [-0.25, -0.2) is 4.39 Å².